The Morgan fingerprint density at radius 3 is 2.18 bits per heavy atom. The smallest absolute Gasteiger partial charge is 0.416 e. The second-order valence-corrected chi connectivity index (χ2v) is 10.1. The van der Waals surface area contributed by atoms with E-state index in [1.165, 1.54) is 22.8 Å². The number of carbonyl (C=O) groups is 1. The largest absolute Gasteiger partial charge is 0.478 e. The summed E-state index contributed by atoms with van der Waals surface area (Å²) in [5.74, 6) is -1.19. The van der Waals surface area contributed by atoms with Crippen LogP contribution in [0.5, 0.6) is 0 Å². The number of carboxylic acids is 1. The van der Waals surface area contributed by atoms with Gasteiger partial charge in [0.25, 0.3) is 5.56 Å². The number of aromatic carboxylic acids is 1. The number of alkyl halides is 3. The first-order valence-corrected chi connectivity index (χ1v) is 13.3. The van der Waals surface area contributed by atoms with E-state index in [0.717, 1.165) is 40.2 Å². The third kappa shape index (κ3) is 5.59. The molecular formula is C30H27F3N2O3S. The molecule has 0 aliphatic rings. The Morgan fingerprint density at radius 2 is 1.67 bits per heavy atom. The fourth-order valence-corrected chi connectivity index (χ4v) is 5.29. The van der Waals surface area contributed by atoms with Crippen molar-refractivity contribution in [1.29, 1.82) is 0 Å². The number of aromatic nitrogens is 2. The fraction of sp³-hybridized carbons (Fsp3) is 0.233. The van der Waals surface area contributed by atoms with Crippen LogP contribution < -0.4 is 5.56 Å². The van der Waals surface area contributed by atoms with Crippen molar-refractivity contribution in [3.63, 3.8) is 0 Å². The minimum Gasteiger partial charge on any atom is -0.478 e. The molecule has 5 nitrogen and oxygen atoms in total. The van der Waals surface area contributed by atoms with E-state index in [1.807, 2.05) is 45.9 Å². The molecule has 0 amide bonds. The summed E-state index contributed by atoms with van der Waals surface area (Å²) in [5, 5.41) is 12.1. The number of para-hydroxylation sites is 1. The summed E-state index contributed by atoms with van der Waals surface area (Å²) in [7, 11) is 0. The van der Waals surface area contributed by atoms with Crippen LogP contribution in [0.4, 0.5) is 13.2 Å². The highest BCUT2D eigenvalue weighted by Gasteiger charge is 2.30. The first-order chi connectivity index (χ1) is 18.5. The molecule has 0 unspecified atom stereocenters. The Bertz CT molecular complexity index is 1600. The van der Waals surface area contributed by atoms with Crippen molar-refractivity contribution in [3.8, 4) is 27.5 Å². The lowest BCUT2D eigenvalue weighted by Crippen LogP contribution is -2.27. The number of allylic oxidation sites excluding steroid dienone is 1. The highest BCUT2D eigenvalue weighted by molar-refractivity contribution is 7.13. The number of pyridine rings is 1. The van der Waals surface area contributed by atoms with E-state index in [0.29, 0.717) is 29.8 Å². The number of thiazole rings is 1. The molecule has 0 radical (unpaired) electrons. The average Bonchev–Trinajstić information content (AvgIpc) is 3.38. The Kier molecular flexibility index (Phi) is 7.92. The molecule has 2 heterocycles. The first-order valence-electron chi connectivity index (χ1n) is 12.4. The maximum absolute atomic E-state index is 14.2. The first kappa shape index (κ1) is 28.0. The summed E-state index contributed by atoms with van der Waals surface area (Å²) >= 11 is 1.13. The van der Waals surface area contributed by atoms with Crippen LogP contribution in [0.2, 0.25) is 0 Å². The molecule has 4 rings (SSSR count). The van der Waals surface area contributed by atoms with Crippen molar-refractivity contribution < 1.29 is 23.1 Å². The number of benzene rings is 2. The topological polar surface area (TPSA) is 72.2 Å². The van der Waals surface area contributed by atoms with Crippen LogP contribution in [0.15, 0.2) is 64.3 Å². The number of nitrogens with zero attached hydrogens (tertiary/aromatic N) is 2. The van der Waals surface area contributed by atoms with Gasteiger partial charge in [0.2, 0.25) is 0 Å². The van der Waals surface area contributed by atoms with Gasteiger partial charge in [-0.25, -0.2) is 9.78 Å². The van der Waals surface area contributed by atoms with Crippen molar-refractivity contribution in [3.05, 3.63) is 97.8 Å². The van der Waals surface area contributed by atoms with Crippen LogP contribution in [-0.4, -0.2) is 20.6 Å². The van der Waals surface area contributed by atoms with Gasteiger partial charge in [-0.3, -0.25) is 9.36 Å². The third-order valence-electron chi connectivity index (χ3n) is 6.33. The Balaban J connectivity index is 1.99. The molecule has 1 N–H and O–H groups in total. The number of halogens is 3. The summed E-state index contributed by atoms with van der Waals surface area (Å²) in [6, 6.07) is 11.7. The fourth-order valence-electron chi connectivity index (χ4n) is 4.45. The maximum atomic E-state index is 14.2. The standard InChI is InChI=1S/C30H27F3N2O3S/c1-5-18-8-7-9-19(6-2)26(18)35-25(14-17(3)4)22(29(37)38)15-23(28(35)36)27-34-24(16-39-27)20-10-12-21(13-11-20)30(31,32)33/h7-16H,5-6H2,1-4H3,(H,37,38). The minimum atomic E-state index is -4.46. The summed E-state index contributed by atoms with van der Waals surface area (Å²) in [5.41, 5.74) is 3.26. The molecule has 0 bridgehead atoms. The lowest BCUT2D eigenvalue weighted by Gasteiger charge is -2.20. The van der Waals surface area contributed by atoms with Crippen LogP contribution >= 0.6 is 11.3 Å². The SMILES string of the molecule is CCc1cccc(CC)c1-n1c(C=C(C)C)c(C(=O)O)cc(-c2nc(-c3ccc(C(F)(F)F)cc3)cs2)c1=O. The second-order valence-electron chi connectivity index (χ2n) is 9.27. The molecule has 0 saturated carbocycles. The Morgan fingerprint density at radius 1 is 1.05 bits per heavy atom. The van der Waals surface area contributed by atoms with Gasteiger partial charge in [0.1, 0.15) is 5.01 Å². The number of carboxylic acid groups (broad SMARTS) is 1. The molecular weight excluding hydrogens is 525 g/mol. The normalized spacial score (nSPS) is 11.5. The van der Waals surface area contributed by atoms with Crippen molar-refractivity contribution in [2.75, 3.05) is 0 Å². The second kappa shape index (κ2) is 11.0. The lowest BCUT2D eigenvalue weighted by atomic mass is 10.00. The van der Waals surface area contributed by atoms with Gasteiger partial charge in [-0.2, -0.15) is 13.2 Å². The number of aryl methyl sites for hydroxylation is 2. The number of hydrogen-bond acceptors (Lipinski definition) is 4. The van der Waals surface area contributed by atoms with Gasteiger partial charge in [-0.15, -0.1) is 11.3 Å². The van der Waals surface area contributed by atoms with Crippen molar-refractivity contribution in [2.24, 2.45) is 0 Å². The van der Waals surface area contributed by atoms with Crippen molar-refractivity contribution in [1.82, 2.24) is 9.55 Å². The molecule has 0 spiro atoms. The van der Waals surface area contributed by atoms with E-state index in [1.54, 1.807) is 11.5 Å². The zero-order valence-corrected chi connectivity index (χ0v) is 22.7. The summed E-state index contributed by atoms with van der Waals surface area (Å²) < 4.78 is 40.4. The zero-order chi connectivity index (χ0) is 28.5. The van der Waals surface area contributed by atoms with E-state index in [2.05, 4.69) is 4.98 Å². The third-order valence-corrected chi connectivity index (χ3v) is 7.20. The van der Waals surface area contributed by atoms with Crippen molar-refractivity contribution in [2.45, 2.75) is 46.7 Å². The molecule has 2 aromatic carbocycles. The summed E-state index contributed by atoms with van der Waals surface area (Å²) in [6.45, 7) is 7.61. The van der Waals surface area contributed by atoms with Gasteiger partial charge in [0.15, 0.2) is 0 Å². The number of rotatable bonds is 7. The molecule has 4 aromatic rings. The monoisotopic (exact) mass is 552 g/mol. The van der Waals surface area contributed by atoms with Gasteiger partial charge in [-0.1, -0.05) is 49.8 Å². The molecule has 0 atom stereocenters. The molecule has 9 heteroatoms. The maximum Gasteiger partial charge on any atom is 0.416 e. The lowest BCUT2D eigenvalue weighted by molar-refractivity contribution is -0.137. The summed E-state index contributed by atoms with van der Waals surface area (Å²) in [4.78, 5) is 31.2. The van der Waals surface area contributed by atoms with Crippen molar-refractivity contribution >= 4 is 23.4 Å². The van der Waals surface area contributed by atoms with Gasteiger partial charge in [-0.05, 0) is 62.1 Å². The van der Waals surface area contributed by atoms with E-state index in [4.69, 9.17) is 0 Å². The number of hydrogen-bond donors (Lipinski definition) is 1. The molecule has 0 fully saturated rings. The van der Waals surface area contributed by atoms with Crippen LogP contribution in [0, 0.1) is 0 Å². The van der Waals surface area contributed by atoms with Gasteiger partial charge < -0.3 is 5.11 Å². The molecule has 0 aliphatic heterocycles. The Hall–Kier alpha value is -3.98. The van der Waals surface area contributed by atoms with E-state index >= 15 is 0 Å². The quantitative estimate of drug-likeness (QED) is 0.253. The average molecular weight is 553 g/mol. The molecule has 202 valence electrons. The van der Waals surface area contributed by atoms with Gasteiger partial charge in [0, 0.05) is 10.9 Å². The minimum absolute atomic E-state index is 0.0509. The molecule has 0 aliphatic carbocycles. The van der Waals surface area contributed by atoms with E-state index in [-0.39, 0.29) is 21.8 Å². The predicted molar refractivity (Wildman–Crippen MR) is 149 cm³/mol. The van der Waals surface area contributed by atoms with Crippen LogP contribution in [0.3, 0.4) is 0 Å². The van der Waals surface area contributed by atoms with Gasteiger partial charge in [0.05, 0.1) is 33.8 Å². The van der Waals surface area contributed by atoms with Crippen LogP contribution in [0.1, 0.15) is 60.4 Å². The van der Waals surface area contributed by atoms with E-state index < -0.39 is 23.3 Å². The molecule has 2 aromatic heterocycles. The zero-order valence-electron chi connectivity index (χ0n) is 21.9. The predicted octanol–water partition coefficient (Wildman–Crippen LogP) is 7.89. The highest BCUT2D eigenvalue weighted by atomic mass is 32.1. The molecule has 39 heavy (non-hydrogen) atoms. The van der Waals surface area contributed by atoms with Gasteiger partial charge >= 0.3 is 12.1 Å². The summed E-state index contributed by atoms with van der Waals surface area (Å²) in [6.07, 6.45) is -1.50. The van der Waals surface area contributed by atoms with E-state index in [9.17, 15) is 27.9 Å². The Labute approximate surface area is 227 Å². The molecule has 0 saturated heterocycles. The van der Waals surface area contributed by atoms with Crippen LogP contribution in [0.25, 0.3) is 33.6 Å². The highest BCUT2D eigenvalue weighted by Crippen LogP contribution is 2.33. The van der Waals surface area contributed by atoms with Crippen LogP contribution in [-0.2, 0) is 19.0 Å².